The summed E-state index contributed by atoms with van der Waals surface area (Å²) in [6, 6.07) is 12.8. The summed E-state index contributed by atoms with van der Waals surface area (Å²) in [7, 11) is 0. The Morgan fingerprint density at radius 1 is 1.16 bits per heavy atom. The van der Waals surface area contributed by atoms with Gasteiger partial charge < -0.3 is 16.2 Å². The molecule has 130 valence electrons. The van der Waals surface area contributed by atoms with Gasteiger partial charge in [0, 0.05) is 12.1 Å². The van der Waals surface area contributed by atoms with E-state index in [9.17, 15) is 9.90 Å². The summed E-state index contributed by atoms with van der Waals surface area (Å²) in [5.74, 6) is -0.254. The number of aliphatic hydroxyl groups is 1. The van der Waals surface area contributed by atoms with Crippen molar-refractivity contribution >= 4 is 16.9 Å². The Morgan fingerprint density at radius 2 is 1.92 bits per heavy atom. The number of nitrogens with one attached hydrogen (secondary N) is 3. The summed E-state index contributed by atoms with van der Waals surface area (Å²) in [4.78, 5) is 12.2. The maximum atomic E-state index is 12.2. The van der Waals surface area contributed by atoms with Crippen molar-refractivity contribution in [2.45, 2.75) is 25.5 Å². The van der Waals surface area contributed by atoms with Crippen LogP contribution in [0.3, 0.4) is 0 Å². The van der Waals surface area contributed by atoms with E-state index in [2.05, 4.69) is 20.7 Å². The van der Waals surface area contributed by atoms with E-state index in [4.69, 9.17) is 5.73 Å². The molecule has 0 aliphatic rings. The van der Waals surface area contributed by atoms with Gasteiger partial charge in [-0.1, -0.05) is 29.8 Å². The Balaban J connectivity index is 1.51. The Kier molecular flexibility index (Phi) is 5.37. The highest BCUT2D eigenvalue weighted by molar-refractivity contribution is 5.97. The van der Waals surface area contributed by atoms with E-state index in [1.165, 1.54) is 0 Å². The molecule has 0 bridgehead atoms. The van der Waals surface area contributed by atoms with E-state index >= 15 is 0 Å². The smallest absolute Gasteiger partial charge is 0.251 e. The summed E-state index contributed by atoms with van der Waals surface area (Å²) in [5, 5.41) is 23.3. The third-order valence-corrected chi connectivity index (χ3v) is 4.13. The first-order chi connectivity index (χ1) is 12.2. The predicted molar refractivity (Wildman–Crippen MR) is 95.0 cm³/mol. The van der Waals surface area contributed by atoms with Crippen LogP contribution in [0.5, 0.6) is 0 Å². The van der Waals surface area contributed by atoms with E-state index in [0.717, 1.165) is 11.1 Å². The monoisotopic (exact) mass is 338 g/mol. The van der Waals surface area contributed by atoms with Gasteiger partial charge in [0.05, 0.1) is 6.10 Å². The van der Waals surface area contributed by atoms with Crippen molar-refractivity contribution in [1.82, 2.24) is 20.7 Å². The molecule has 4 N–H and O–H groups in total. The van der Waals surface area contributed by atoms with Crippen molar-refractivity contribution in [1.29, 1.82) is 0 Å². The van der Waals surface area contributed by atoms with E-state index in [1.54, 1.807) is 18.2 Å². The molecular formula is C18H20N5O2-. The van der Waals surface area contributed by atoms with Crippen molar-refractivity contribution in [3.8, 4) is 0 Å². The maximum Gasteiger partial charge on any atom is 0.251 e. The number of aryl methyl sites for hydroxylation is 1. The maximum absolute atomic E-state index is 12.2. The van der Waals surface area contributed by atoms with Crippen molar-refractivity contribution in [3.05, 3.63) is 64.9 Å². The van der Waals surface area contributed by atoms with Crippen molar-refractivity contribution in [3.63, 3.8) is 0 Å². The summed E-state index contributed by atoms with van der Waals surface area (Å²) in [5.41, 5.74) is 11.4. The standard InChI is InChI=1S/C18H20N5O2/c19-10-14-4-2-1-3-12(14)5-7-15(24)11-20-18(25)13-6-8-16-17(9-13)22-23-21-16/h1-4,6,8-9,15,19,24H,5,7,10-11H2,(H,20,25)(H,21,22,23)/q-1/t15-/m0/s1. The number of amides is 1. The molecule has 7 nitrogen and oxygen atoms in total. The average Bonchev–Trinajstić information content (AvgIpc) is 3.12. The number of nitrogens with zero attached hydrogens (tertiary/aromatic N) is 2. The van der Waals surface area contributed by atoms with Gasteiger partial charge in [0.1, 0.15) is 11.0 Å². The fraction of sp³-hybridized carbons (Fsp3) is 0.278. The SMILES string of the molecule is [NH-]Cc1ccccc1CC[C@H](O)CNC(=O)c1ccc2n[nH]nc2c1. The third-order valence-electron chi connectivity index (χ3n) is 4.13. The first-order valence-corrected chi connectivity index (χ1v) is 8.15. The van der Waals surface area contributed by atoms with Crippen LogP contribution in [-0.2, 0) is 13.0 Å². The van der Waals surface area contributed by atoms with E-state index in [-0.39, 0.29) is 19.0 Å². The summed E-state index contributed by atoms with van der Waals surface area (Å²) < 4.78 is 0. The van der Waals surface area contributed by atoms with Crippen molar-refractivity contribution in [2.75, 3.05) is 6.54 Å². The Bertz CT molecular complexity index is 861. The molecule has 1 amide bonds. The molecule has 1 aromatic heterocycles. The number of aromatic nitrogens is 3. The highest BCUT2D eigenvalue weighted by atomic mass is 16.3. The van der Waals surface area contributed by atoms with E-state index in [0.29, 0.717) is 29.4 Å². The zero-order valence-electron chi connectivity index (χ0n) is 13.7. The highest BCUT2D eigenvalue weighted by Crippen LogP contribution is 2.13. The molecule has 25 heavy (non-hydrogen) atoms. The number of hydrogen-bond donors (Lipinski definition) is 3. The first-order valence-electron chi connectivity index (χ1n) is 8.15. The number of aromatic amines is 1. The number of hydrogen-bond acceptors (Lipinski definition) is 4. The molecule has 3 aromatic rings. The second-order valence-electron chi connectivity index (χ2n) is 5.88. The molecule has 0 saturated carbocycles. The van der Waals surface area contributed by atoms with Gasteiger partial charge in [0.15, 0.2) is 0 Å². The number of H-pyrrole nitrogens is 1. The minimum atomic E-state index is -0.640. The van der Waals surface area contributed by atoms with Gasteiger partial charge in [0.25, 0.3) is 5.91 Å². The molecule has 2 aromatic carbocycles. The number of carbonyl (C=O) groups excluding carboxylic acids is 1. The molecule has 0 saturated heterocycles. The number of carbonyl (C=O) groups is 1. The summed E-state index contributed by atoms with van der Waals surface area (Å²) in [6.45, 7) is 0.409. The van der Waals surface area contributed by atoms with Crippen LogP contribution in [-0.4, -0.2) is 39.1 Å². The molecule has 0 aliphatic carbocycles. The van der Waals surface area contributed by atoms with E-state index < -0.39 is 6.10 Å². The highest BCUT2D eigenvalue weighted by Gasteiger charge is 2.11. The van der Waals surface area contributed by atoms with Gasteiger partial charge in [-0.25, -0.2) is 0 Å². The summed E-state index contributed by atoms with van der Waals surface area (Å²) in [6.07, 6.45) is 0.565. The molecule has 3 rings (SSSR count). The Hall–Kier alpha value is -2.77. The largest absolute Gasteiger partial charge is 0.674 e. The Morgan fingerprint density at radius 3 is 2.72 bits per heavy atom. The number of aliphatic hydroxyl groups excluding tert-OH is 1. The van der Waals surface area contributed by atoms with Crippen LogP contribution in [0.1, 0.15) is 27.9 Å². The number of rotatable bonds is 7. The zero-order chi connectivity index (χ0) is 17.6. The van der Waals surface area contributed by atoms with Crippen LogP contribution in [0, 0.1) is 0 Å². The van der Waals surface area contributed by atoms with E-state index in [1.807, 2.05) is 24.3 Å². The lowest BCUT2D eigenvalue weighted by molar-refractivity contribution is 0.0911. The lowest BCUT2D eigenvalue weighted by Crippen LogP contribution is -2.32. The van der Waals surface area contributed by atoms with Gasteiger partial charge >= 0.3 is 0 Å². The lowest BCUT2D eigenvalue weighted by Gasteiger charge is -2.14. The van der Waals surface area contributed by atoms with Crippen LogP contribution in [0.15, 0.2) is 42.5 Å². The minimum Gasteiger partial charge on any atom is -0.674 e. The van der Waals surface area contributed by atoms with Gasteiger partial charge in [0.2, 0.25) is 0 Å². The minimum absolute atomic E-state index is 0.179. The summed E-state index contributed by atoms with van der Waals surface area (Å²) >= 11 is 0. The molecule has 1 heterocycles. The third kappa shape index (κ3) is 4.20. The lowest BCUT2D eigenvalue weighted by atomic mass is 10.0. The molecule has 1 atom stereocenters. The van der Waals surface area contributed by atoms with Gasteiger partial charge in [-0.3, -0.25) is 4.79 Å². The van der Waals surface area contributed by atoms with Crippen LogP contribution < -0.4 is 5.32 Å². The molecule has 0 fully saturated rings. The molecule has 7 heteroatoms. The number of benzene rings is 2. The molecule has 0 radical (unpaired) electrons. The van der Waals surface area contributed by atoms with Crippen molar-refractivity contribution < 1.29 is 9.90 Å². The second kappa shape index (κ2) is 7.87. The first kappa shape index (κ1) is 17.1. The molecule has 0 aliphatic heterocycles. The van der Waals surface area contributed by atoms with Crippen LogP contribution >= 0.6 is 0 Å². The number of fused-ring (bicyclic) bond motifs is 1. The van der Waals surface area contributed by atoms with Crippen molar-refractivity contribution in [2.24, 2.45) is 0 Å². The van der Waals surface area contributed by atoms with Crippen LogP contribution in [0.25, 0.3) is 16.8 Å². The van der Waals surface area contributed by atoms with Gasteiger partial charge in [-0.15, -0.1) is 6.54 Å². The molecular weight excluding hydrogens is 318 g/mol. The fourth-order valence-electron chi connectivity index (χ4n) is 2.69. The second-order valence-corrected chi connectivity index (χ2v) is 5.88. The predicted octanol–water partition coefficient (Wildman–Crippen LogP) is 2.23. The van der Waals surface area contributed by atoms with Gasteiger partial charge in [-0.05, 0) is 36.6 Å². The van der Waals surface area contributed by atoms with Crippen LogP contribution in [0.2, 0.25) is 0 Å². The fourth-order valence-corrected chi connectivity index (χ4v) is 2.69. The van der Waals surface area contributed by atoms with Crippen LogP contribution in [0.4, 0.5) is 0 Å². The molecule has 0 spiro atoms. The van der Waals surface area contributed by atoms with Gasteiger partial charge in [-0.2, -0.15) is 15.4 Å². The zero-order valence-corrected chi connectivity index (χ0v) is 13.7. The quantitative estimate of drug-likeness (QED) is 0.612. The molecule has 0 unspecified atom stereocenters. The normalized spacial score (nSPS) is 12.2. The topological polar surface area (TPSA) is 115 Å². The average molecular weight is 338 g/mol. The Labute approximate surface area is 145 Å².